The molecule has 0 bridgehead atoms. The van der Waals surface area contributed by atoms with Crippen LogP contribution in [0.3, 0.4) is 0 Å². The predicted molar refractivity (Wildman–Crippen MR) is 62.0 cm³/mol. The minimum atomic E-state index is 0.166. The molecule has 1 aromatic heterocycles. The Morgan fingerprint density at radius 1 is 1.47 bits per heavy atom. The van der Waals surface area contributed by atoms with Crippen LogP contribution in [0.15, 0.2) is 18.2 Å². The topological polar surface area (TPSA) is 30.0 Å². The van der Waals surface area contributed by atoms with Crippen LogP contribution < -0.4 is 0 Å². The summed E-state index contributed by atoms with van der Waals surface area (Å²) < 4.78 is 0. The third-order valence-corrected chi connectivity index (χ3v) is 2.49. The van der Waals surface area contributed by atoms with Crippen molar-refractivity contribution in [3.8, 4) is 0 Å². The van der Waals surface area contributed by atoms with Crippen molar-refractivity contribution >= 4 is 5.78 Å². The van der Waals surface area contributed by atoms with Crippen LogP contribution in [0.1, 0.15) is 49.3 Å². The van der Waals surface area contributed by atoms with Gasteiger partial charge in [-0.3, -0.25) is 9.78 Å². The number of Topliss-reactive ketones (excluding diaryl/α,β-unsaturated/α-hetero) is 1. The Bertz CT molecular complexity index is 333. The summed E-state index contributed by atoms with van der Waals surface area (Å²) in [6.07, 6.45) is 2.86. The highest BCUT2D eigenvalue weighted by atomic mass is 16.1. The maximum Gasteiger partial charge on any atom is 0.181 e. The molecule has 0 aliphatic rings. The van der Waals surface area contributed by atoms with Gasteiger partial charge in [0, 0.05) is 12.1 Å². The lowest BCUT2D eigenvalue weighted by Gasteiger charge is -2.08. The molecule has 0 radical (unpaired) electrons. The molecule has 15 heavy (non-hydrogen) atoms. The van der Waals surface area contributed by atoms with E-state index in [0.29, 0.717) is 18.0 Å². The summed E-state index contributed by atoms with van der Waals surface area (Å²) in [5.74, 6) is 0.629. The standard InChI is InChI=1S/C13H19NO/c1-4-6-10(2)9-13(15)12-8-5-7-11(3)14-12/h5,7-8,10H,4,6,9H2,1-3H3. The van der Waals surface area contributed by atoms with Crippen molar-refractivity contribution in [1.29, 1.82) is 0 Å². The Kier molecular flexibility index (Phi) is 4.47. The van der Waals surface area contributed by atoms with Crippen molar-refractivity contribution in [3.05, 3.63) is 29.6 Å². The summed E-state index contributed by atoms with van der Waals surface area (Å²) in [6.45, 7) is 6.18. The number of aromatic nitrogens is 1. The molecule has 0 saturated heterocycles. The van der Waals surface area contributed by atoms with E-state index in [1.165, 1.54) is 0 Å². The normalized spacial score (nSPS) is 12.5. The largest absolute Gasteiger partial charge is 0.292 e. The molecule has 0 aromatic carbocycles. The molecule has 0 aliphatic carbocycles. The minimum Gasteiger partial charge on any atom is -0.292 e. The van der Waals surface area contributed by atoms with Gasteiger partial charge in [0.2, 0.25) is 0 Å². The van der Waals surface area contributed by atoms with E-state index in [0.717, 1.165) is 18.5 Å². The second-order valence-electron chi connectivity index (χ2n) is 4.19. The Balaban J connectivity index is 2.61. The Labute approximate surface area is 91.7 Å². The van der Waals surface area contributed by atoms with Crippen LogP contribution >= 0.6 is 0 Å². The molecule has 82 valence electrons. The SMILES string of the molecule is CCCC(C)CC(=O)c1cccc(C)n1. The third-order valence-electron chi connectivity index (χ3n) is 2.49. The summed E-state index contributed by atoms with van der Waals surface area (Å²) >= 11 is 0. The zero-order chi connectivity index (χ0) is 11.3. The van der Waals surface area contributed by atoms with Crippen molar-refractivity contribution in [2.45, 2.75) is 40.0 Å². The summed E-state index contributed by atoms with van der Waals surface area (Å²) in [5.41, 5.74) is 1.52. The predicted octanol–water partition coefficient (Wildman–Crippen LogP) is 3.40. The van der Waals surface area contributed by atoms with E-state index in [-0.39, 0.29) is 5.78 Å². The molecule has 1 aromatic rings. The van der Waals surface area contributed by atoms with Gasteiger partial charge >= 0.3 is 0 Å². The number of rotatable bonds is 5. The van der Waals surface area contributed by atoms with Gasteiger partial charge in [-0.15, -0.1) is 0 Å². The van der Waals surface area contributed by atoms with Gasteiger partial charge in [0.05, 0.1) is 0 Å². The number of carbonyl (C=O) groups excluding carboxylic acids is 1. The lowest BCUT2D eigenvalue weighted by molar-refractivity contribution is 0.0957. The van der Waals surface area contributed by atoms with Crippen LogP contribution in [0.4, 0.5) is 0 Å². The lowest BCUT2D eigenvalue weighted by atomic mass is 9.98. The quantitative estimate of drug-likeness (QED) is 0.689. The van der Waals surface area contributed by atoms with Crippen LogP contribution in [0.25, 0.3) is 0 Å². The van der Waals surface area contributed by atoms with Gasteiger partial charge in [-0.25, -0.2) is 0 Å². The highest BCUT2D eigenvalue weighted by molar-refractivity contribution is 5.94. The molecule has 1 unspecified atom stereocenters. The molecule has 1 atom stereocenters. The Morgan fingerprint density at radius 2 is 2.20 bits per heavy atom. The van der Waals surface area contributed by atoms with E-state index in [1.807, 2.05) is 19.1 Å². The second-order valence-corrected chi connectivity index (χ2v) is 4.19. The average molecular weight is 205 g/mol. The first-order valence-corrected chi connectivity index (χ1v) is 5.60. The number of ketones is 1. The van der Waals surface area contributed by atoms with Crippen LogP contribution in [-0.4, -0.2) is 10.8 Å². The van der Waals surface area contributed by atoms with E-state index in [9.17, 15) is 4.79 Å². The van der Waals surface area contributed by atoms with E-state index in [2.05, 4.69) is 18.8 Å². The summed E-state index contributed by atoms with van der Waals surface area (Å²) in [7, 11) is 0. The van der Waals surface area contributed by atoms with Gasteiger partial charge in [0.1, 0.15) is 5.69 Å². The first kappa shape index (κ1) is 11.9. The fourth-order valence-electron chi connectivity index (χ4n) is 1.71. The number of nitrogens with zero attached hydrogens (tertiary/aromatic N) is 1. The monoisotopic (exact) mass is 205 g/mol. The molecule has 2 nitrogen and oxygen atoms in total. The zero-order valence-corrected chi connectivity index (χ0v) is 9.79. The van der Waals surface area contributed by atoms with Crippen molar-refractivity contribution < 1.29 is 4.79 Å². The van der Waals surface area contributed by atoms with Gasteiger partial charge in [-0.2, -0.15) is 0 Å². The Hall–Kier alpha value is -1.18. The third kappa shape index (κ3) is 3.82. The molecule has 0 saturated carbocycles. The maximum absolute atomic E-state index is 11.8. The lowest BCUT2D eigenvalue weighted by Crippen LogP contribution is -2.08. The van der Waals surface area contributed by atoms with Crippen molar-refractivity contribution in [2.24, 2.45) is 5.92 Å². The van der Waals surface area contributed by atoms with Crippen LogP contribution in [0, 0.1) is 12.8 Å². The number of carbonyl (C=O) groups is 1. The van der Waals surface area contributed by atoms with E-state index < -0.39 is 0 Å². The first-order chi connectivity index (χ1) is 7.13. The molecular formula is C13H19NO. The van der Waals surface area contributed by atoms with Crippen molar-refractivity contribution in [1.82, 2.24) is 4.98 Å². The number of pyridine rings is 1. The van der Waals surface area contributed by atoms with Gasteiger partial charge in [-0.1, -0.05) is 32.8 Å². The van der Waals surface area contributed by atoms with Gasteiger partial charge in [0.25, 0.3) is 0 Å². The average Bonchev–Trinajstić information content (AvgIpc) is 2.18. The molecule has 0 aliphatic heterocycles. The molecule has 2 heteroatoms. The van der Waals surface area contributed by atoms with Crippen LogP contribution in [0.2, 0.25) is 0 Å². The van der Waals surface area contributed by atoms with Gasteiger partial charge < -0.3 is 0 Å². The van der Waals surface area contributed by atoms with Crippen molar-refractivity contribution in [2.75, 3.05) is 0 Å². The van der Waals surface area contributed by atoms with E-state index in [4.69, 9.17) is 0 Å². The highest BCUT2D eigenvalue weighted by Crippen LogP contribution is 2.13. The Morgan fingerprint density at radius 3 is 2.80 bits per heavy atom. The fourth-order valence-corrected chi connectivity index (χ4v) is 1.71. The van der Waals surface area contributed by atoms with Crippen molar-refractivity contribution in [3.63, 3.8) is 0 Å². The minimum absolute atomic E-state index is 0.166. The van der Waals surface area contributed by atoms with Crippen LogP contribution in [-0.2, 0) is 0 Å². The smallest absolute Gasteiger partial charge is 0.181 e. The number of aryl methyl sites for hydroxylation is 1. The molecular weight excluding hydrogens is 186 g/mol. The highest BCUT2D eigenvalue weighted by Gasteiger charge is 2.11. The van der Waals surface area contributed by atoms with Gasteiger partial charge in [-0.05, 0) is 25.0 Å². The van der Waals surface area contributed by atoms with E-state index >= 15 is 0 Å². The zero-order valence-electron chi connectivity index (χ0n) is 9.79. The molecule has 1 heterocycles. The summed E-state index contributed by atoms with van der Waals surface area (Å²) in [4.78, 5) is 16.1. The fraction of sp³-hybridized carbons (Fsp3) is 0.538. The number of hydrogen-bond acceptors (Lipinski definition) is 2. The molecule has 0 amide bonds. The molecule has 1 rings (SSSR count). The maximum atomic E-state index is 11.8. The van der Waals surface area contributed by atoms with Crippen LogP contribution in [0.5, 0.6) is 0 Å². The molecule has 0 spiro atoms. The second kappa shape index (κ2) is 5.64. The molecule has 0 N–H and O–H groups in total. The summed E-state index contributed by atoms with van der Waals surface area (Å²) in [6, 6.07) is 5.60. The number of hydrogen-bond donors (Lipinski definition) is 0. The first-order valence-electron chi connectivity index (χ1n) is 5.60. The van der Waals surface area contributed by atoms with E-state index in [1.54, 1.807) is 6.07 Å². The van der Waals surface area contributed by atoms with Gasteiger partial charge in [0.15, 0.2) is 5.78 Å². The summed E-state index contributed by atoms with van der Waals surface area (Å²) in [5, 5.41) is 0. The molecule has 0 fully saturated rings.